The van der Waals surface area contributed by atoms with E-state index >= 15 is 0 Å². The number of nitrogens with one attached hydrogen (secondary N) is 1. The molecule has 0 fully saturated rings. The molecule has 1 N–H and O–H groups in total. The molecule has 36 heavy (non-hydrogen) atoms. The number of halogens is 1. The van der Waals surface area contributed by atoms with E-state index in [1.165, 1.54) is 16.7 Å². The highest BCUT2D eigenvalue weighted by atomic mass is 35.5. The van der Waals surface area contributed by atoms with E-state index in [1.54, 1.807) is 7.11 Å². The maximum absolute atomic E-state index is 14.2. The first-order chi connectivity index (χ1) is 17.2. The Morgan fingerprint density at radius 2 is 2.00 bits per heavy atom. The SMILES string of the molecule is COc1cc2c(cc1NC(=O)CCl)-c1c(C3CC=CS3)c3c(n1CC2)C(=O)N(C(C)(C)C)CCCC3. The number of carbonyl (C=O) groups excluding carboxylic acids is 2. The van der Waals surface area contributed by atoms with E-state index in [9.17, 15) is 9.59 Å². The summed E-state index contributed by atoms with van der Waals surface area (Å²) in [6.07, 6.45) is 6.94. The van der Waals surface area contributed by atoms with Gasteiger partial charge in [0, 0.05) is 29.4 Å². The van der Waals surface area contributed by atoms with Crippen LogP contribution >= 0.6 is 23.4 Å². The fraction of sp³-hybridized carbons (Fsp3) is 0.500. The molecule has 4 heterocycles. The number of amides is 2. The fourth-order valence-corrected chi connectivity index (χ4v) is 6.88. The minimum absolute atomic E-state index is 0.127. The molecule has 6 nitrogen and oxygen atoms in total. The summed E-state index contributed by atoms with van der Waals surface area (Å²) >= 11 is 7.63. The molecule has 1 atom stereocenters. The van der Waals surface area contributed by atoms with Crippen LogP contribution in [0.15, 0.2) is 23.6 Å². The van der Waals surface area contributed by atoms with Crippen molar-refractivity contribution >= 4 is 40.9 Å². The van der Waals surface area contributed by atoms with Crippen molar-refractivity contribution in [3.8, 4) is 17.0 Å². The second-order valence-electron chi connectivity index (χ2n) is 10.7. The normalized spacial score (nSPS) is 19.3. The number of ether oxygens (including phenoxy) is 1. The quantitative estimate of drug-likeness (QED) is 0.483. The molecule has 3 aliphatic heterocycles. The lowest BCUT2D eigenvalue weighted by Crippen LogP contribution is -2.47. The molecule has 2 amide bonds. The second-order valence-corrected chi connectivity index (χ2v) is 12.1. The van der Waals surface area contributed by atoms with Crippen molar-refractivity contribution in [1.82, 2.24) is 9.47 Å². The monoisotopic (exact) mass is 527 g/mol. The molecule has 3 aliphatic rings. The molecular formula is C28H34ClN3O3S. The van der Waals surface area contributed by atoms with Gasteiger partial charge in [0.2, 0.25) is 5.91 Å². The van der Waals surface area contributed by atoms with Crippen molar-refractivity contribution in [2.45, 2.75) is 70.2 Å². The van der Waals surface area contributed by atoms with Gasteiger partial charge in [-0.05, 0) is 87.1 Å². The Morgan fingerprint density at radius 1 is 1.19 bits per heavy atom. The van der Waals surface area contributed by atoms with Crippen molar-refractivity contribution in [1.29, 1.82) is 0 Å². The van der Waals surface area contributed by atoms with Crippen LogP contribution in [0.3, 0.4) is 0 Å². The van der Waals surface area contributed by atoms with Crippen molar-refractivity contribution in [3.63, 3.8) is 0 Å². The number of hydrogen-bond donors (Lipinski definition) is 1. The number of rotatable bonds is 4. The molecule has 1 unspecified atom stereocenters. The van der Waals surface area contributed by atoms with Gasteiger partial charge < -0.3 is 19.5 Å². The summed E-state index contributed by atoms with van der Waals surface area (Å²) in [6.45, 7) is 7.89. The summed E-state index contributed by atoms with van der Waals surface area (Å²) in [5.41, 5.74) is 7.06. The third kappa shape index (κ3) is 4.34. The maximum Gasteiger partial charge on any atom is 0.271 e. The van der Waals surface area contributed by atoms with Crippen LogP contribution in [-0.2, 0) is 24.2 Å². The van der Waals surface area contributed by atoms with Crippen LogP contribution in [0.5, 0.6) is 5.75 Å². The Kier molecular flexibility index (Phi) is 6.90. The number of alkyl halides is 1. The van der Waals surface area contributed by atoms with Gasteiger partial charge in [-0.1, -0.05) is 6.08 Å². The van der Waals surface area contributed by atoms with Gasteiger partial charge in [0.25, 0.3) is 5.91 Å². The molecule has 192 valence electrons. The molecule has 0 aliphatic carbocycles. The molecule has 0 bridgehead atoms. The molecule has 1 aromatic carbocycles. The van der Waals surface area contributed by atoms with Crippen molar-refractivity contribution in [2.24, 2.45) is 0 Å². The first-order valence-corrected chi connectivity index (χ1v) is 14.2. The first-order valence-electron chi connectivity index (χ1n) is 12.7. The number of nitrogens with zero attached hydrogens (tertiary/aromatic N) is 2. The number of fused-ring (bicyclic) bond motifs is 5. The summed E-state index contributed by atoms with van der Waals surface area (Å²) in [6, 6.07) is 4.04. The van der Waals surface area contributed by atoms with E-state index < -0.39 is 0 Å². The maximum atomic E-state index is 14.2. The summed E-state index contributed by atoms with van der Waals surface area (Å²) in [4.78, 5) is 28.4. The number of thioether (sulfide) groups is 1. The molecule has 0 saturated heterocycles. The van der Waals surface area contributed by atoms with Gasteiger partial charge in [-0.3, -0.25) is 9.59 Å². The third-order valence-corrected chi connectivity index (χ3v) is 8.76. The highest BCUT2D eigenvalue weighted by Gasteiger charge is 2.39. The molecular weight excluding hydrogens is 494 g/mol. The minimum atomic E-state index is -0.278. The lowest BCUT2D eigenvalue weighted by molar-refractivity contribution is -0.113. The first kappa shape index (κ1) is 25.3. The standard InChI is InChI=1S/C28H34ClN3O3S/c1-28(2,3)32-11-6-5-8-18-24(22-9-7-13-36-22)25-19-15-20(30-23(33)16-29)21(35-4)14-17(19)10-12-31(25)26(18)27(32)34/h7,13-15,22H,5-6,8-12,16H2,1-4H3,(H,30,33). The predicted octanol–water partition coefficient (Wildman–Crippen LogP) is 6.17. The molecule has 0 saturated carbocycles. The van der Waals surface area contributed by atoms with Crippen molar-refractivity contribution in [2.75, 3.05) is 24.9 Å². The van der Waals surface area contributed by atoms with Crippen LogP contribution in [0.4, 0.5) is 5.69 Å². The topological polar surface area (TPSA) is 63.6 Å². The van der Waals surface area contributed by atoms with Crippen LogP contribution in [0, 0.1) is 0 Å². The Bertz CT molecular complexity index is 1240. The van der Waals surface area contributed by atoms with Crippen LogP contribution in [-0.4, -0.2) is 46.4 Å². The fourth-order valence-electron chi connectivity index (χ4n) is 5.79. The Labute approximate surface area is 222 Å². The summed E-state index contributed by atoms with van der Waals surface area (Å²) in [7, 11) is 1.61. The van der Waals surface area contributed by atoms with E-state index in [-0.39, 0.29) is 28.5 Å². The molecule has 1 aromatic heterocycles. The van der Waals surface area contributed by atoms with Crippen LogP contribution in [0.2, 0.25) is 0 Å². The van der Waals surface area contributed by atoms with Gasteiger partial charge in [-0.25, -0.2) is 0 Å². The van der Waals surface area contributed by atoms with Crippen LogP contribution < -0.4 is 10.1 Å². The number of methoxy groups -OCH3 is 1. The highest BCUT2D eigenvalue weighted by molar-refractivity contribution is 8.02. The van der Waals surface area contributed by atoms with Gasteiger partial charge in [0.15, 0.2) is 0 Å². The molecule has 2 aromatic rings. The zero-order valence-corrected chi connectivity index (χ0v) is 23.0. The summed E-state index contributed by atoms with van der Waals surface area (Å²) < 4.78 is 7.89. The molecule has 0 radical (unpaired) electrons. The zero-order valence-electron chi connectivity index (χ0n) is 21.4. The van der Waals surface area contributed by atoms with Gasteiger partial charge in [0.05, 0.1) is 18.5 Å². The van der Waals surface area contributed by atoms with Gasteiger partial charge >= 0.3 is 0 Å². The summed E-state index contributed by atoms with van der Waals surface area (Å²) in [5, 5.41) is 5.36. The van der Waals surface area contributed by atoms with Gasteiger partial charge in [-0.2, -0.15) is 0 Å². The zero-order chi connectivity index (χ0) is 25.6. The number of anilines is 1. The number of aromatic nitrogens is 1. The predicted molar refractivity (Wildman–Crippen MR) is 147 cm³/mol. The third-order valence-electron chi connectivity index (χ3n) is 7.41. The largest absolute Gasteiger partial charge is 0.495 e. The van der Waals surface area contributed by atoms with Crippen molar-refractivity contribution < 1.29 is 14.3 Å². The van der Waals surface area contributed by atoms with E-state index in [4.69, 9.17) is 16.3 Å². The van der Waals surface area contributed by atoms with Crippen molar-refractivity contribution in [3.05, 3.63) is 46.0 Å². The van der Waals surface area contributed by atoms with Crippen LogP contribution in [0.1, 0.15) is 72.5 Å². The van der Waals surface area contributed by atoms with E-state index in [0.717, 1.165) is 62.1 Å². The smallest absolute Gasteiger partial charge is 0.271 e. The Balaban J connectivity index is 1.75. The van der Waals surface area contributed by atoms with Gasteiger partial charge in [0.1, 0.15) is 17.3 Å². The second kappa shape index (κ2) is 9.82. The number of hydrogen-bond acceptors (Lipinski definition) is 4. The Morgan fingerprint density at radius 3 is 2.67 bits per heavy atom. The average Bonchev–Trinajstić information content (AvgIpc) is 3.46. The lowest BCUT2D eigenvalue weighted by atomic mass is 9.91. The summed E-state index contributed by atoms with van der Waals surface area (Å²) in [5.74, 6) is 0.352. The highest BCUT2D eigenvalue weighted by Crippen LogP contribution is 2.50. The van der Waals surface area contributed by atoms with E-state index in [2.05, 4.69) is 47.0 Å². The number of aryl methyl sites for hydroxylation is 1. The minimum Gasteiger partial charge on any atom is -0.495 e. The number of allylic oxidation sites excluding steroid dienone is 1. The molecule has 8 heteroatoms. The molecule has 0 spiro atoms. The van der Waals surface area contributed by atoms with E-state index in [0.29, 0.717) is 11.4 Å². The van der Waals surface area contributed by atoms with Gasteiger partial charge in [-0.15, -0.1) is 23.4 Å². The van der Waals surface area contributed by atoms with Crippen LogP contribution in [0.25, 0.3) is 11.3 Å². The molecule has 5 rings (SSSR count). The number of carbonyl (C=O) groups is 2. The van der Waals surface area contributed by atoms with E-state index in [1.807, 2.05) is 23.9 Å². The number of benzene rings is 1. The average molecular weight is 528 g/mol. The lowest BCUT2D eigenvalue weighted by Gasteiger charge is -2.37. The Hall–Kier alpha value is -2.38.